The van der Waals surface area contributed by atoms with E-state index in [1.54, 1.807) is 12.1 Å². The van der Waals surface area contributed by atoms with Crippen LogP contribution in [0.1, 0.15) is 38.9 Å². The lowest BCUT2D eigenvalue weighted by Gasteiger charge is -2.35. The van der Waals surface area contributed by atoms with Crippen LogP contribution in [-0.4, -0.2) is 40.5 Å². The molecule has 1 aromatic heterocycles. The molecule has 0 radical (unpaired) electrons. The summed E-state index contributed by atoms with van der Waals surface area (Å²) in [5, 5.41) is 4.05. The number of rotatable bonds is 5. The fourth-order valence-electron chi connectivity index (χ4n) is 3.33. The van der Waals surface area contributed by atoms with Gasteiger partial charge < -0.3 is 5.32 Å². The van der Waals surface area contributed by atoms with Crippen molar-refractivity contribution in [2.45, 2.75) is 39.2 Å². The van der Waals surface area contributed by atoms with Crippen molar-refractivity contribution < 1.29 is 8.78 Å². The highest BCUT2D eigenvalue weighted by atomic mass is 19.3. The molecule has 1 saturated heterocycles. The lowest BCUT2D eigenvalue weighted by Crippen LogP contribution is -2.43. The summed E-state index contributed by atoms with van der Waals surface area (Å²) in [6, 6.07) is 7.60. The number of fused-ring (bicyclic) bond motifs is 1. The van der Waals surface area contributed by atoms with E-state index in [0.29, 0.717) is 29.8 Å². The first-order chi connectivity index (χ1) is 11.5. The van der Waals surface area contributed by atoms with Crippen molar-refractivity contribution in [3.05, 3.63) is 30.1 Å². The minimum atomic E-state index is -2.67. The number of nitrogens with one attached hydrogen (secondary N) is 1. The van der Waals surface area contributed by atoms with Gasteiger partial charge in [-0.25, -0.2) is 18.7 Å². The average Bonchev–Trinajstić information content (AvgIpc) is 2.59. The monoisotopic (exact) mass is 334 g/mol. The summed E-state index contributed by atoms with van der Waals surface area (Å²) in [7, 11) is 0. The van der Waals surface area contributed by atoms with Crippen molar-refractivity contribution in [3.8, 4) is 0 Å². The molecule has 3 rings (SSSR count). The van der Waals surface area contributed by atoms with E-state index < -0.39 is 12.2 Å². The average molecular weight is 334 g/mol. The quantitative estimate of drug-likeness (QED) is 0.894. The number of halogens is 2. The van der Waals surface area contributed by atoms with Gasteiger partial charge in [-0.2, -0.15) is 0 Å². The molecule has 0 aliphatic carbocycles. The van der Waals surface area contributed by atoms with Gasteiger partial charge in [-0.3, -0.25) is 4.90 Å². The lowest BCUT2D eigenvalue weighted by atomic mass is 9.99. The molecule has 0 bridgehead atoms. The third kappa shape index (κ3) is 3.80. The predicted octanol–water partition coefficient (Wildman–Crippen LogP) is 4.10. The van der Waals surface area contributed by atoms with E-state index in [-0.39, 0.29) is 0 Å². The molecule has 2 heterocycles. The zero-order valence-electron chi connectivity index (χ0n) is 14.2. The Morgan fingerprint density at radius 2 is 2.08 bits per heavy atom. The van der Waals surface area contributed by atoms with Crippen molar-refractivity contribution in [2.75, 3.05) is 25.0 Å². The predicted molar refractivity (Wildman–Crippen MR) is 92.4 cm³/mol. The zero-order chi connectivity index (χ0) is 17.1. The summed E-state index contributed by atoms with van der Waals surface area (Å²) >= 11 is 0. The fraction of sp³-hybridized carbons (Fsp3) is 0.556. The van der Waals surface area contributed by atoms with E-state index in [4.69, 9.17) is 0 Å². The molecule has 0 spiro atoms. The lowest BCUT2D eigenvalue weighted by molar-refractivity contribution is 0.140. The van der Waals surface area contributed by atoms with Crippen LogP contribution in [0.5, 0.6) is 0 Å². The Morgan fingerprint density at radius 3 is 2.83 bits per heavy atom. The minimum Gasteiger partial charge on any atom is -0.368 e. The van der Waals surface area contributed by atoms with E-state index >= 15 is 0 Å². The Hall–Kier alpha value is -1.82. The molecule has 1 N–H and O–H groups in total. The second kappa shape index (κ2) is 7.38. The van der Waals surface area contributed by atoms with Crippen molar-refractivity contribution in [3.63, 3.8) is 0 Å². The molecule has 130 valence electrons. The maximum absolute atomic E-state index is 13.0. The van der Waals surface area contributed by atoms with E-state index in [0.717, 1.165) is 18.5 Å². The molecular weight excluding hydrogens is 310 g/mol. The molecule has 6 heteroatoms. The molecule has 1 aliphatic heterocycles. The highest BCUT2D eigenvalue weighted by molar-refractivity contribution is 5.89. The zero-order valence-corrected chi connectivity index (χ0v) is 14.2. The first kappa shape index (κ1) is 17.0. The number of hydrogen-bond acceptors (Lipinski definition) is 4. The number of piperidine rings is 1. The first-order valence-corrected chi connectivity index (χ1v) is 8.57. The largest absolute Gasteiger partial charge is 0.368 e. The Morgan fingerprint density at radius 1 is 1.29 bits per heavy atom. The van der Waals surface area contributed by atoms with Crippen LogP contribution in [0.15, 0.2) is 24.3 Å². The van der Waals surface area contributed by atoms with Crippen LogP contribution < -0.4 is 5.32 Å². The van der Waals surface area contributed by atoms with Gasteiger partial charge in [0.25, 0.3) is 6.43 Å². The fourth-order valence-corrected chi connectivity index (χ4v) is 3.33. The van der Waals surface area contributed by atoms with Gasteiger partial charge in [0.1, 0.15) is 5.82 Å². The number of para-hydroxylation sites is 1. The van der Waals surface area contributed by atoms with Crippen LogP contribution in [0.25, 0.3) is 10.9 Å². The van der Waals surface area contributed by atoms with Crippen LogP contribution in [-0.2, 0) is 0 Å². The number of anilines is 1. The van der Waals surface area contributed by atoms with Gasteiger partial charge in [0, 0.05) is 24.5 Å². The SMILES string of the molecule is CC1CCCN(C(C)CNc2nc(C(F)F)nc3ccccc23)C1. The van der Waals surface area contributed by atoms with Gasteiger partial charge in [0.15, 0.2) is 5.82 Å². The Bertz CT molecular complexity index is 692. The third-order valence-corrected chi connectivity index (χ3v) is 4.69. The Labute approximate surface area is 141 Å². The summed E-state index contributed by atoms with van der Waals surface area (Å²) in [4.78, 5) is 10.4. The molecule has 1 fully saturated rings. The second-order valence-electron chi connectivity index (χ2n) is 6.72. The van der Waals surface area contributed by atoms with E-state index in [1.165, 1.54) is 12.8 Å². The highest BCUT2D eigenvalue weighted by Crippen LogP contribution is 2.25. The molecule has 2 aromatic rings. The van der Waals surface area contributed by atoms with Gasteiger partial charge in [0.2, 0.25) is 0 Å². The van der Waals surface area contributed by atoms with Crippen LogP contribution in [0.2, 0.25) is 0 Å². The Kier molecular flexibility index (Phi) is 5.23. The van der Waals surface area contributed by atoms with Crippen molar-refractivity contribution in [1.29, 1.82) is 0 Å². The molecule has 2 atom stereocenters. The smallest absolute Gasteiger partial charge is 0.297 e. The van der Waals surface area contributed by atoms with E-state index in [2.05, 4.69) is 34.0 Å². The molecule has 0 amide bonds. The van der Waals surface area contributed by atoms with Gasteiger partial charge in [-0.1, -0.05) is 19.1 Å². The second-order valence-corrected chi connectivity index (χ2v) is 6.72. The Balaban J connectivity index is 1.76. The maximum Gasteiger partial charge on any atom is 0.297 e. The normalized spacial score (nSPS) is 20.5. The number of nitrogens with zero attached hydrogens (tertiary/aromatic N) is 3. The molecule has 24 heavy (non-hydrogen) atoms. The summed E-state index contributed by atoms with van der Waals surface area (Å²) in [6.07, 6.45) is -0.168. The molecular formula is C18H24F2N4. The number of aromatic nitrogens is 2. The number of likely N-dealkylation sites (tertiary alicyclic amines) is 1. The molecule has 0 saturated carbocycles. The standard InChI is InChI=1S/C18H24F2N4/c1-12-6-5-9-24(11-12)13(2)10-21-17-14-7-3-4-8-15(14)22-18(23-17)16(19)20/h3-4,7-8,12-13,16H,5-6,9-11H2,1-2H3,(H,21,22,23). The van der Waals surface area contributed by atoms with Gasteiger partial charge >= 0.3 is 0 Å². The van der Waals surface area contributed by atoms with Crippen molar-refractivity contribution >= 4 is 16.7 Å². The number of hydrogen-bond donors (Lipinski definition) is 1. The van der Waals surface area contributed by atoms with Crippen molar-refractivity contribution in [1.82, 2.24) is 14.9 Å². The van der Waals surface area contributed by atoms with Crippen LogP contribution in [0.3, 0.4) is 0 Å². The van der Waals surface area contributed by atoms with Crippen LogP contribution in [0, 0.1) is 5.92 Å². The summed E-state index contributed by atoms with van der Waals surface area (Å²) in [5.41, 5.74) is 0.546. The minimum absolute atomic E-state index is 0.330. The number of alkyl halides is 2. The van der Waals surface area contributed by atoms with Gasteiger partial charge in [-0.15, -0.1) is 0 Å². The topological polar surface area (TPSA) is 41.0 Å². The van der Waals surface area contributed by atoms with Crippen LogP contribution >= 0.6 is 0 Å². The van der Waals surface area contributed by atoms with E-state index in [9.17, 15) is 8.78 Å². The summed E-state index contributed by atoms with van der Waals surface area (Å²) in [5.74, 6) is 0.787. The van der Waals surface area contributed by atoms with Gasteiger partial charge in [-0.05, 0) is 44.4 Å². The molecule has 1 aliphatic rings. The molecule has 4 nitrogen and oxygen atoms in total. The molecule has 2 unspecified atom stereocenters. The maximum atomic E-state index is 13.0. The highest BCUT2D eigenvalue weighted by Gasteiger charge is 2.21. The third-order valence-electron chi connectivity index (χ3n) is 4.69. The molecule has 1 aromatic carbocycles. The first-order valence-electron chi connectivity index (χ1n) is 8.57. The number of benzene rings is 1. The summed E-state index contributed by atoms with van der Waals surface area (Å²) < 4.78 is 26.1. The van der Waals surface area contributed by atoms with Gasteiger partial charge in [0.05, 0.1) is 5.52 Å². The van der Waals surface area contributed by atoms with Crippen molar-refractivity contribution in [2.24, 2.45) is 5.92 Å². The summed E-state index contributed by atoms with van der Waals surface area (Å²) in [6.45, 7) is 7.31. The van der Waals surface area contributed by atoms with Crippen LogP contribution in [0.4, 0.5) is 14.6 Å². The van der Waals surface area contributed by atoms with E-state index in [1.807, 2.05) is 12.1 Å².